The highest BCUT2D eigenvalue weighted by Crippen LogP contribution is 2.25. The van der Waals surface area contributed by atoms with Crippen molar-refractivity contribution < 1.29 is 13.2 Å². The topological polar surface area (TPSA) is 86.1 Å². The van der Waals surface area contributed by atoms with Gasteiger partial charge in [0.15, 0.2) is 5.82 Å². The second-order valence-corrected chi connectivity index (χ2v) is 9.41. The van der Waals surface area contributed by atoms with E-state index in [1.807, 2.05) is 12.1 Å². The van der Waals surface area contributed by atoms with Gasteiger partial charge in [-0.15, -0.1) is 9.19 Å². The molecule has 4 aromatic rings. The van der Waals surface area contributed by atoms with Crippen molar-refractivity contribution in [1.29, 1.82) is 0 Å². The van der Waals surface area contributed by atoms with Crippen LogP contribution in [0, 0.1) is 0 Å². The van der Waals surface area contributed by atoms with Gasteiger partial charge in [0, 0.05) is 22.2 Å². The van der Waals surface area contributed by atoms with E-state index in [0.717, 1.165) is 9.65 Å². The van der Waals surface area contributed by atoms with Crippen molar-refractivity contribution in [3.63, 3.8) is 0 Å². The summed E-state index contributed by atoms with van der Waals surface area (Å²) in [5.41, 5.74) is 1.55. The lowest BCUT2D eigenvalue weighted by Gasteiger charge is -2.09. The van der Waals surface area contributed by atoms with Crippen molar-refractivity contribution in [2.45, 2.75) is 11.4 Å². The Hall–Kier alpha value is -3.07. The molecule has 1 N–H and O–H groups in total. The van der Waals surface area contributed by atoms with Gasteiger partial charge < -0.3 is 10.1 Å². The lowest BCUT2D eigenvalue weighted by molar-refractivity contribution is 0.415. The number of ether oxygens (including phenoxy) is 1. The number of rotatable bonds is 7. The zero-order chi connectivity index (χ0) is 22.7. The molecule has 0 amide bonds. The Bertz CT molecular complexity index is 1320. The first-order valence-corrected chi connectivity index (χ1v) is 11.7. The number of anilines is 1. The fourth-order valence-electron chi connectivity index (χ4n) is 2.93. The molecule has 10 heteroatoms. The molecule has 0 saturated carbocycles. The summed E-state index contributed by atoms with van der Waals surface area (Å²) in [4.78, 5) is 4.49. The number of hydrogen-bond donors (Lipinski definition) is 1. The Kier molecular flexibility index (Phi) is 6.36. The molecule has 0 saturated heterocycles. The molecular formula is C22H18Cl2N4O3S. The molecule has 0 aliphatic rings. The maximum absolute atomic E-state index is 13.3. The molecule has 32 heavy (non-hydrogen) atoms. The average Bonchev–Trinajstić information content (AvgIpc) is 3.24. The molecule has 0 atom stereocenters. The zero-order valence-electron chi connectivity index (χ0n) is 16.9. The molecule has 0 aliphatic carbocycles. The van der Waals surface area contributed by atoms with Crippen LogP contribution in [0.4, 0.5) is 5.95 Å². The molecule has 0 unspecified atom stereocenters. The van der Waals surface area contributed by atoms with Crippen molar-refractivity contribution in [2.75, 3.05) is 12.4 Å². The summed E-state index contributed by atoms with van der Waals surface area (Å²) >= 11 is 11.9. The van der Waals surface area contributed by atoms with E-state index in [0.29, 0.717) is 27.9 Å². The van der Waals surface area contributed by atoms with Gasteiger partial charge >= 0.3 is 0 Å². The maximum Gasteiger partial charge on any atom is 0.286 e. The Balaban J connectivity index is 1.74. The summed E-state index contributed by atoms with van der Waals surface area (Å²) < 4.78 is 32.7. The van der Waals surface area contributed by atoms with Crippen molar-refractivity contribution >= 4 is 39.2 Å². The van der Waals surface area contributed by atoms with E-state index in [1.54, 1.807) is 43.5 Å². The number of benzene rings is 3. The van der Waals surface area contributed by atoms with Crippen LogP contribution in [0.5, 0.6) is 5.75 Å². The molecule has 1 aromatic heterocycles. The van der Waals surface area contributed by atoms with Gasteiger partial charge in [0.1, 0.15) is 5.75 Å². The predicted molar refractivity (Wildman–Crippen MR) is 125 cm³/mol. The average molecular weight is 489 g/mol. The number of methoxy groups -OCH3 is 1. The van der Waals surface area contributed by atoms with Crippen LogP contribution < -0.4 is 10.1 Å². The zero-order valence-corrected chi connectivity index (χ0v) is 19.2. The van der Waals surface area contributed by atoms with Gasteiger partial charge in [-0.25, -0.2) is 0 Å². The van der Waals surface area contributed by atoms with Crippen molar-refractivity contribution in [3.05, 3.63) is 88.4 Å². The molecule has 0 fully saturated rings. The first kappa shape index (κ1) is 22.1. The van der Waals surface area contributed by atoms with Crippen molar-refractivity contribution in [3.8, 4) is 17.1 Å². The first-order chi connectivity index (χ1) is 15.4. The van der Waals surface area contributed by atoms with Crippen molar-refractivity contribution in [2.24, 2.45) is 0 Å². The third-order valence-corrected chi connectivity index (χ3v) is 6.71. The van der Waals surface area contributed by atoms with Crippen molar-refractivity contribution in [1.82, 2.24) is 14.2 Å². The molecule has 1 heterocycles. The fourth-order valence-corrected chi connectivity index (χ4v) is 4.38. The highest BCUT2D eigenvalue weighted by atomic mass is 35.5. The summed E-state index contributed by atoms with van der Waals surface area (Å²) in [5.74, 6) is 1.01. The fraction of sp³-hybridized carbons (Fsp3) is 0.0909. The number of nitrogens with one attached hydrogen (secondary N) is 1. The van der Waals surface area contributed by atoms with E-state index in [2.05, 4.69) is 15.4 Å². The highest BCUT2D eigenvalue weighted by molar-refractivity contribution is 7.90. The van der Waals surface area contributed by atoms with E-state index < -0.39 is 10.0 Å². The largest absolute Gasteiger partial charge is 0.497 e. The van der Waals surface area contributed by atoms with E-state index in [9.17, 15) is 8.42 Å². The second-order valence-electron chi connectivity index (χ2n) is 6.77. The Morgan fingerprint density at radius 1 is 0.906 bits per heavy atom. The lowest BCUT2D eigenvalue weighted by Crippen LogP contribution is -2.18. The van der Waals surface area contributed by atoms with Crippen LogP contribution in [0.2, 0.25) is 10.0 Å². The Morgan fingerprint density at radius 3 is 2.09 bits per heavy atom. The number of hydrogen-bond acceptors (Lipinski definition) is 6. The minimum atomic E-state index is -4.02. The molecule has 0 radical (unpaired) electrons. The van der Waals surface area contributed by atoms with Gasteiger partial charge in [0.2, 0.25) is 5.95 Å². The summed E-state index contributed by atoms with van der Waals surface area (Å²) in [6.07, 6.45) is 0. The Labute approximate surface area is 195 Å². The predicted octanol–water partition coefficient (Wildman–Crippen LogP) is 5.11. The maximum atomic E-state index is 13.3. The number of aromatic nitrogens is 3. The van der Waals surface area contributed by atoms with Crippen LogP contribution in [-0.4, -0.2) is 29.7 Å². The molecule has 3 aromatic carbocycles. The molecular weight excluding hydrogens is 471 g/mol. The van der Waals surface area contributed by atoms with Gasteiger partial charge in [-0.05, 0) is 66.2 Å². The summed E-state index contributed by atoms with van der Waals surface area (Å²) in [7, 11) is -2.45. The third-order valence-electron chi connectivity index (χ3n) is 4.63. The van der Waals surface area contributed by atoms with E-state index >= 15 is 0 Å². The molecule has 0 aliphatic heterocycles. The standard InChI is InChI=1S/C22H18Cl2N4O3S/c1-31-19-10-4-16(5-11-19)21-26-22(25-14-15-2-6-17(23)7-3-15)28(27-21)32(29,30)20-12-8-18(24)9-13-20/h2-13H,14H2,1H3,(H,25,26,27). The monoisotopic (exact) mass is 488 g/mol. The van der Waals surface area contributed by atoms with E-state index in [1.165, 1.54) is 24.3 Å². The van der Waals surface area contributed by atoms with E-state index in [-0.39, 0.29) is 16.7 Å². The minimum Gasteiger partial charge on any atom is -0.497 e. The number of nitrogens with zero attached hydrogens (tertiary/aromatic N) is 3. The first-order valence-electron chi connectivity index (χ1n) is 9.48. The van der Waals surface area contributed by atoms with Crippen LogP contribution in [-0.2, 0) is 16.6 Å². The normalized spacial score (nSPS) is 11.3. The second kappa shape index (κ2) is 9.20. The smallest absolute Gasteiger partial charge is 0.286 e. The molecule has 4 rings (SSSR count). The summed E-state index contributed by atoms with van der Waals surface area (Å²) in [6.45, 7) is 0.327. The lowest BCUT2D eigenvalue weighted by atomic mass is 10.2. The summed E-state index contributed by atoms with van der Waals surface area (Å²) in [5, 5.41) is 8.41. The van der Waals surface area contributed by atoms with Gasteiger partial charge in [-0.2, -0.15) is 13.4 Å². The van der Waals surface area contributed by atoms with Crippen LogP contribution in [0.25, 0.3) is 11.4 Å². The van der Waals surface area contributed by atoms with E-state index in [4.69, 9.17) is 27.9 Å². The molecule has 7 nitrogen and oxygen atoms in total. The van der Waals surface area contributed by atoms with Gasteiger partial charge in [0.25, 0.3) is 10.0 Å². The van der Waals surface area contributed by atoms with Crippen LogP contribution >= 0.6 is 23.2 Å². The third kappa shape index (κ3) is 4.72. The minimum absolute atomic E-state index is 0.0441. The molecule has 164 valence electrons. The summed E-state index contributed by atoms with van der Waals surface area (Å²) in [6, 6.07) is 20.1. The molecule has 0 spiro atoms. The van der Waals surface area contributed by atoms with Gasteiger partial charge in [0.05, 0.1) is 12.0 Å². The van der Waals surface area contributed by atoms with Crippen LogP contribution in [0.15, 0.2) is 77.7 Å². The molecule has 0 bridgehead atoms. The Morgan fingerprint density at radius 2 is 1.50 bits per heavy atom. The number of halogens is 2. The van der Waals surface area contributed by atoms with Crippen LogP contribution in [0.1, 0.15) is 5.56 Å². The van der Waals surface area contributed by atoms with Gasteiger partial charge in [-0.3, -0.25) is 0 Å². The highest BCUT2D eigenvalue weighted by Gasteiger charge is 2.24. The quantitative estimate of drug-likeness (QED) is 0.388. The SMILES string of the molecule is COc1ccc(-c2nc(NCc3ccc(Cl)cc3)n(S(=O)(=O)c3ccc(Cl)cc3)n2)cc1. The van der Waals surface area contributed by atoms with Gasteiger partial charge in [-0.1, -0.05) is 35.3 Å². The van der Waals surface area contributed by atoms with Crippen LogP contribution in [0.3, 0.4) is 0 Å².